The Hall–Kier alpha value is -2.36. The first-order chi connectivity index (χ1) is 10.5. The van der Waals surface area contributed by atoms with E-state index < -0.39 is 11.9 Å². The van der Waals surface area contributed by atoms with Gasteiger partial charge in [-0.3, -0.25) is 9.59 Å². The number of hydrogen-bond acceptors (Lipinski definition) is 2. The quantitative estimate of drug-likeness (QED) is 0.884. The van der Waals surface area contributed by atoms with Crippen LogP contribution in [-0.2, 0) is 11.3 Å². The van der Waals surface area contributed by atoms with Crippen LogP contribution in [0.2, 0.25) is 0 Å². The molecule has 1 aromatic carbocycles. The van der Waals surface area contributed by atoms with Crippen LogP contribution in [0.15, 0.2) is 30.3 Å². The second-order valence-electron chi connectivity index (χ2n) is 5.93. The third-order valence-electron chi connectivity index (χ3n) is 4.45. The SMILES string of the molecule is Cc1ccccc1C(=O)c1c(C)cc2n1CCCC2C(=O)O. The average molecular weight is 297 g/mol. The van der Waals surface area contributed by atoms with E-state index in [0.717, 1.165) is 23.2 Å². The molecule has 2 heterocycles. The van der Waals surface area contributed by atoms with Crippen molar-refractivity contribution in [3.05, 3.63) is 58.4 Å². The van der Waals surface area contributed by atoms with Crippen molar-refractivity contribution in [2.75, 3.05) is 0 Å². The number of aryl methyl sites for hydroxylation is 2. The van der Waals surface area contributed by atoms with Crippen molar-refractivity contribution in [1.82, 2.24) is 4.57 Å². The number of fused-ring (bicyclic) bond motifs is 1. The van der Waals surface area contributed by atoms with Gasteiger partial charge < -0.3 is 9.67 Å². The molecule has 0 aliphatic carbocycles. The van der Waals surface area contributed by atoms with E-state index in [0.29, 0.717) is 24.2 Å². The van der Waals surface area contributed by atoms with Gasteiger partial charge in [0.15, 0.2) is 0 Å². The summed E-state index contributed by atoms with van der Waals surface area (Å²) in [5, 5.41) is 9.39. The van der Waals surface area contributed by atoms with Crippen LogP contribution in [0.5, 0.6) is 0 Å². The van der Waals surface area contributed by atoms with Crippen LogP contribution < -0.4 is 0 Å². The molecule has 0 spiro atoms. The number of nitrogens with zero attached hydrogens (tertiary/aromatic N) is 1. The average Bonchev–Trinajstić information content (AvgIpc) is 2.82. The van der Waals surface area contributed by atoms with Crippen LogP contribution in [0.1, 0.15) is 51.6 Å². The molecule has 1 N–H and O–H groups in total. The number of ketones is 1. The maximum absolute atomic E-state index is 12.9. The number of benzene rings is 1. The minimum absolute atomic E-state index is 0.0205. The maximum Gasteiger partial charge on any atom is 0.312 e. The Morgan fingerprint density at radius 1 is 1.18 bits per heavy atom. The summed E-state index contributed by atoms with van der Waals surface area (Å²) >= 11 is 0. The molecule has 0 radical (unpaired) electrons. The van der Waals surface area contributed by atoms with Gasteiger partial charge in [-0.15, -0.1) is 0 Å². The normalized spacial score (nSPS) is 17.1. The fourth-order valence-corrected chi connectivity index (χ4v) is 3.35. The highest BCUT2D eigenvalue weighted by molar-refractivity contribution is 6.10. The number of carboxylic acids is 1. The number of aromatic nitrogens is 1. The topological polar surface area (TPSA) is 59.3 Å². The minimum Gasteiger partial charge on any atom is -0.481 e. The third kappa shape index (κ3) is 2.25. The number of hydrogen-bond donors (Lipinski definition) is 1. The van der Waals surface area contributed by atoms with E-state index in [-0.39, 0.29) is 5.78 Å². The van der Waals surface area contributed by atoms with Gasteiger partial charge in [0.1, 0.15) is 0 Å². The van der Waals surface area contributed by atoms with Crippen molar-refractivity contribution < 1.29 is 14.7 Å². The molecule has 114 valence electrons. The summed E-state index contributed by atoms with van der Waals surface area (Å²) in [6.07, 6.45) is 1.42. The summed E-state index contributed by atoms with van der Waals surface area (Å²) in [5.74, 6) is -1.34. The lowest BCUT2D eigenvalue weighted by Crippen LogP contribution is -2.24. The van der Waals surface area contributed by atoms with Crippen LogP contribution in [0.4, 0.5) is 0 Å². The second kappa shape index (κ2) is 5.44. The standard InChI is InChI=1S/C18H19NO3/c1-11-6-3-4-7-13(11)17(20)16-12(2)10-15-14(18(21)22)8-5-9-19(15)16/h3-4,6-7,10,14H,5,8-9H2,1-2H3,(H,21,22). The Labute approximate surface area is 129 Å². The molecule has 1 atom stereocenters. The van der Waals surface area contributed by atoms with E-state index in [4.69, 9.17) is 0 Å². The van der Waals surface area contributed by atoms with E-state index in [1.807, 2.05) is 48.7 Å². The predicted molar refractivity (Wildman–Crippen MR) is 83.4 cm³/mol. The summed E-state index contributed by atoms with van der Waals surface area (Å²) in [6, 6.07) is 9.38. The highest BCUT2D eigenvalue weighted by atomic mass is 16.4. The van der Waals surface area contributed by atoms with E-state index in [1.54, 1.807) is 0 Å². The van der Waals surface area contributed by atoms with Gasteiger partial charge in [0.05, 0.1) is 11.6 Å². The van der Waals surface area contributed by atoms with Crippen molar-refractivity contribution in [3.8, 4) is 0 Å². The number of aliphatic carboxylic acids is 1. The monoisotopic (exact) mass is 297 g/mol. The number of rotatable bonds is 3. The van der Waals surface area contributed by atoms with Crippen LogP contribution >= 0.6 is 0 Å². The van der Waals surface area contributed by atoms with Gasteiger partial charge in [-0.1, -0.05) is 24.3 Å². The molecule has 4 nitrogen and oxygen atoms in total. The molecule has 2 aromatic rings. The fourth-order valence-electron chi connectivity index (χ4n) is 3.35. The van der Waals surface area contributed by atoms with Crippen LogP contribution in [-0.4, -0.2) is 21.4 Å². The van der Waals surface area contributed by atoms with E-state index in [9.17, 15) is 14.7 Å². The summed E-state index contributed by atoms with van der Waals surface area (Å²) in [5.41, 5.74) is 3.87. The lowest BCUT2D eigenvalue weighted by Gasteiger charge is -2.23. The highest BCUT2D eigenvalue weighted by Gasteiger charge is 2.31. The summed E-state index contributed by atoms with van der Waals surface area (Å²) < 4.78 is 1.91. The molecule has 1 aliphatic heterocycles. The second-order valence-corrected chi connectivity index (χ2v) is 5.93. The Bertz CT molecular complexity index is 758. The van der Waals surface area contributed by atoms with Crippen molar-refractivity contribution in [2.45, 2.75) is 39.2 Å². The zero-order valence-corrected chi connectivity index (χ0v) is 12.8. The summed E-state index contributed by atoms with van der Waals surface area (Å²) in [7, 11) is 0. The van der Waals surface area contributed by atoms with Gasteiger partial charge in [-0.25, -0.2) is 0 Å². The van der Waals surface area contributed by atoms with Crippen LogP contribution in [0.25, 0.3) is 0 Å². The van der Waals surface area contributed by atoms with Crippen LogP contribution in [0.3, 0.4) is 0 Å². The smallest absolute Gasteiger partial charge is 0.312 e. The number of carbonyl (C=O) groups is 2. The zero-order chi connectivity index (χ0) is 15.9. The minimum atomic E-state index is -0.812. The molecule has 0 amide bonds. The third-order valence-corrected chi connectivity index (χ3v) is 4.45. The Balaban J connectivity index is 2.11. The fraction of sp³-hybridized carbons (Fsp3) is 0.333. The van der Waals surface area contributed by atoms with Crippen molar-refractivity contribution >= 4 is 11.8 Å². The van der Waals surface area contributed by atoms with Gasteiger partial charge >= 0.3 is 5.97 Å². The molecule has 1 aliphatic rings. The molecule has 22 heavy (non-hydrogen) atoms. The summed E-state index contributed by atoms with van der Waals surface area (Å²) in [6.45, 7) is 4.51. The number of carbonyl (C=O) groups excluding carboxylic acids is 1. The molecule has 0 saturated heterocycles. The first kappa shape index (κ1) is 14.6. The van der Waals surface area contributed by atoms with Gasteiger partial charge in [0.25, 0.3) is 0 Å². The summed E-state index contributed by atoms with van der Waals surface area (Å²) in [4.78, 5) is 24.4. The number of carboxylic acid groups (broad SMARTS) is 1. The van der Waals surface area contributed by atoms with E-state index in [2.05, 4.69) is 0 Å². The Morgan fingerprint density at radius 2 is 1.91 bits per heavy atom. The van der Waals surface area contributed by atoms with E-state index >= 15 is 0 Å². The molecule has 3 rings (SSSR count). The molecule has 0 fully saturated rings. The maximum atomic E-state index is 12.9. The van der Waals surface area contributed by atoms with E-state index in [1.165, 1.54) is 0 Å². The first-order valence-electron chi connectivity index (χ1n) is 7.54. The van der Waals surface area contributed by atoms with Crippen molar-refractivity contribution in [1.29, 1.82) is 0 Å². The lowest BCUT2D eigenvalue weighted by molar-refractivity contribution is -0.139. The van der Waals surface area contributed by atoms with Crippen molar-refractivity contribution in [2.24, 2.45) is 0 Å². The largest absolute Gasteiger partial charge is 0.481 e. The predicted octanol–water partition coefficient (Wildman–Crippen LogP) is 3.30. The first-order valence-corrected chi connectivity index (χ1v) is 7.54. The zero-order valence-electron chi connectivity index (χ0n) is 12.8. The molecule has 1 unspecified atom stereocenters. The lowest BCUT2D eigenvalue weighted by atomic mass is 9.96. The van der Waals surface area contributed by atoms with Gasteiger partial charge in [0.2, 0.25) is 5.78 Å². The van der Waals surface area contributed by atoms with Gasteiger partial charge in [-0.2, -0.15) is 0 Å². The Morgan fingerprint density at radius 3 is 2.59 bits per heavy atom. The van der Waals surface area contributed by atoms with Crippen molar-refractivity contribution in [3.63, 3.8) is 0 Å². The molecule has 0 bridgehead atoms. The van der Waals surface area contributed by atoms with Gasteiger partial charge in [0, 0.05) is 17.8 Å². The molecular formula is C18H19NO3. The van der Waals surface area contributed by atoms with Gasteiger partial charge in [-0.05, 0) is 43.9 Å². The molecule has 1 aromatic heterocycles. The van der Waals surface area contributed by atoms with Crippen LogP contribution in [0, 0.1) is 13.8 Å². The highest BCUT2D eigenvalue weighted by Crippen LogP contribution is 2.33. The molecular weight excluding hydrogens is 278 g/mol. The Kier molecular flexibility index (Phi) is 3.61. The molecule has 4 heteroatoms. The molecule has 0 saturated carbocycles.